The van der Waals surface area contributed by atoms with Crippen LogP contribution in [-0.2, 0) is 11.3 Å². The zero-order chi connectivity index (χ0) is 13.4. The molecule has 0 bridgehead atoms. The smallest absolute Gasteiger partial charge is 0.188 e. The van der Waals surface area contributed by atoms with Gasteiger partial charge in [0.25, 0.3) is 0 Å². The van der Waals surface area contributed by atoms with Crippen molar-refractivity contribution < 1.29 is 4.74 Å². The highest BCUT2D eigenvalue weighted by atomic mass is 16.5. The maximum Gasteiger partial charge on any atom is 0.188 e. The van der Waals surface area contributed by atoms with Gasteiger partial charge in [-0.05, 0) is 17.7 Å². The van der Waals surface area contributed by atoms with Crippen LogP contribution in [0.2, 0.25) is 0 Å². The monoisotopic (exact) mass is 250 g/mol. The average Bonchev–Trinajstić information content (AvgIpc) is 2.37. The van der Waals surface area contributed by atoms with Crippen LogP contribution in [0.5, 0.6) is 0 Å². The van der Waals surface area contributed by atoms with Gasteiger partial charge in [0.2, 0.25) is 0 Å². The largest absolute Gasteiger partial charge is 0.383 e. The Kier molecular flexibility index (Phi) is 6.00. The van der Waals surface area contributed by atoms with Gasteiger partial charge in [-0.25, -0.2) is 4.99 Å². The second-order valence-corrected chi connectivity index (χ2v) is 4.19. The summed E-state index contributed by atoms with van der Waals surface area (Å²) in [5.41, 5.74) is 8.03. The minimum atomic E-state index is 0.447. The molecule has 0 atom stereocenters. The summed E-state index contributed by atoms with van der Waals surface area (Å²) in [5, 5.41) is 2.98. The molecule has 0 heterocycles. The zero-order valence-corrected chi connectivity index (χ0v) is 11.3. The molecule has 100 valence electrons. The van der Waals surface area contributed by atoms with Gasteiger partial charge in [-0.1, -0.05) is 12.1 Å². The molecule has 5 nitrogen and oxygen atoms in total. The summed E-state index contributed by atoms with van der Waals surface area (Å²) in [6, 6.07) is 8.23. The lowest BCUT2D eigenvalue weighted by atomic mass is 10.2. The summed E-state index contributed by atoms with van der Waals surface area (Å²) < 4.78 is 4.92. The van der Waals surface area contributed by atoms with Crippen LogP contribution in [0.1, 0.15) is 5.56 Å². The van der Waals surface area contributed by atoms with Gasteiger partial charge in [-0.2, -0.15) is 0 Å². The maximum atomic E-state index is 5.73. The molecule has 1 rings (SSSR count). The van der Waals surface area contributed by atoms with Crippen molar-refractivity contribution in [2.45, 2.75) is 6.54 Å². The minimum absolute atomic E-state index is 0.447. The van der Waals surface area contributed by atoms with Crippen LogP contribution >= 0.6 is 0 Å². The molecule has 5 heteroatoms. The standard InChI is InChI=1S/C13H22N4O/c1-17(2)12-6-4-5-11(9-12)10-16-13(14)15-7-8-18-3/h4-6,9H,7-8,10H2,1-3H3,(H3,14,15,16). The van der Waals surface area contributed by atoms with Crippen LogP contribution in [0.3, 0.4) is 0 Å². The second-order valence-electron chi connectivity index (χ2n) is 4.19. The van der Waals surface area contributed by atoms with Crippen molar-refractivity contribution >= 4 is 11.6 Å². The van der Waals surface area contributed by atoms with Gasteiger partial charge in [-0.15, -0.1) is 0 Å². The number of methoxy groups -OCH3 is 1. The van der Waals surface area contributed by atoms with Crippen LogP contribution in [0.25, 0.3) is 0 Å². The Morgan fingerprint density at radius 1 is 1.44 bits per heavy atom. The lowest BCUT2D eigenvalue weighted by Crippen LogP contribution is -2.34. The lowest BCUT2D eigenvalue weighted by molar-refractivity contribution is 0.204. The van der Waals surface area contributed by atoms with E-state index in [1.165, 1.54) is 0 Å². The van der Waals surface area contributed by atoms with Gasteiger partial charge >= 0.3 is 0 Å². The highest BCUT2D eigenvalue weighted by Crippen LogP contribution is 2.13. The predicted molar refractivity (Wildman–Crippen MR) is 76.0 cm³/mol. The number of ether oxygens (including phenoxy) is 1. The SMILES string of the molecule is COCCNC(N)=NCc1cccc(N(C)C)c1. The van der Waals surface area contributed by atoms with Crippen molar-refractivity contribution in [1.82, 2.24) is 5.32 Å². The van der Waals surface area contributed by atoms with Gasteiger partial charge in [0, 0.05) is 33.4 Å². The maximum absolute atomic E-state index is 5.73. The highest BCUT2D eigenvalue weighted by molar-refractivity contribution is 5.77. The van der Waals surface area contributed by atoms with Crippen LogP contribution in [-0.4, -0.2) is 40.3 Å². The molecule has 18 heavy (non-hydrogen) atoms. The van der Waals surface area contributed by atoms with E-state index in [0.29, 0.717) is 25.7 Å². The number of hydrogen-bond donors (Lipinski definition) is 2. The molecule has 0 amide bonds. The van der Waals surface area contributed by atoms with E-state index in [2.05, 4.69) is 27.3 Å². The Balaban J connectivity index is 2.51. The Labute approximate surface area is 109 Å². The van der Waals surface area contributed by atoms with E-state index in [4.69, 9.17) is 10.5 Å². The van der Waals surface area contributed by atoms with Gasteiger partial charge in [0.1, 0.15) is 0 Å². The van der Waals surface area contributed by atoms with E-state index >= 15 is 0 Å². The minimum Gasteiger partial charge on any atom is -0.383 e. The average molecular weight is 250 g/mol. The van der Waals surface area contributed by atoms with Gasteiger partial charge in [0.15, 0.2) is 5.96 Å². The van der Waals surface area contributed by atoms with E-state index in [0.717, 1.165) is 11.3 Å². The van der Waals surface area contributed by atoms with E-state index in [9.17, 15) is 0 Å². The second kappa shape index (κ2) is 7.55. The van der Waals surface area contributed by atoms with E-state index in [-0.39, 0.29) is 0 Å². The molecule has 0 aromatic heterocycles. The molecular weight excluding hydrogens is 228 g/mol. The first-order chi connectivity index (χ1) is 8.63. The number of nitrogens with zero attached hydrogens (tertiary/aromatic N) is 2. The molecule has 1 aromatic carbocycles. The van der Waals surface area contributed by atoms with E-state index in [1.54, 1.807) is 7.11 Å². The van der Waals surface area contributed by atoms with Gasteiger partial charge in [0.05, 0.1) is 13.2 Å². The fourth-order valence-corrected chi connectivity index (χ4v) is 1.45. The molecule has 0 radical (unpaired) electrons. The van der Waals surface area contributed by atoms with E-state index in [1.807, 2.05) is 26.2 Å². The number of guanidine groups is 1. The summed E-state index contributed by atoms with van der Waals surface area (Å²) in [6.07, 6.45) is 0. The molecule has 0 aliphatic carbocycles. The highest BCUT2D eigenvalue weighted by Gasteiger charge is 1.97. The third kappa shape index (κ3) is 5.05. The zero-order valence-electron chi connectivity index (χ0n) is 11.3. The van der Waals surface area contributed by atoms with Crippen LogP contribution in [0, 0.1) is 0 Å². The van der Waals surface area contributed by atoms with Crippen LogP contribution < -0.4 is 16.0 Å². The number of rotatable bonds is 6. The Bertz CT molecular complexity index is 390. The number of nitrogens with one attached hydrogen (secondary N) is 1. The molecule has 0 aliphatic heterocycles. The Hall–Kier alpha value is -1.75. The number of hydrogen-bond acceptors (Lipinski definition) is 3. The molecule has 0 saturated carbocycles. The molecule has 1 aromatic rings. The van der Waals surface area contributed by atoms with Gasteiger partial charge in [-0.3, -0.25) is 0 Å². The van der Waals surface area contributed by atoms with Crippen LogP contribution in [0.4, 0.5) is 5.69 Å². The summed E-state index contributed by atoms with van der Waals surface area (Å²) in [5.74, 6) is 0.447. The first-order valence-electron chi connectivity index (χ1n) is 5.92. The van der Waals surface area contributed by atoms with Crippen molar-refractivity contribution in [2.24, 2.45) is 10.7 Å². The molecular formula is C13H22N4O. The molecule has 0 unspecified atom stereocenters. The molecule has 3 N–H and O–H groups in total. The number of anilines is 1. The van der Waals surface area contributed by atoms with Crippen molar-refractivity contribution in [3.05, 3.63) is 29.8 Å². The summed E-state index contributed by atoms with van der Waals surface area (Å²) in [6.45, 7) is 1.86. The molecule has 0 spiro atoms. The number of aliphatic imine (C=N–C) groups is 1. The fourth-order valence-electron chi connectivity index (χ4n) is 1.45. The summed E-state index contributed by atoms with van der Waals surface area (Å²) in [4.78, 5) is 6.34. The van der Waals surface area contributed by atoms with Crippen molar-refractivity contribution in [1.29, 1.82) is 0 Å². The lowest BCUT2D eigenvalue weighted by Gasteiger charge is -2.13. The van der Waals surface area contributed by atoms with Crippen LogP contribution in [0.15, 0.2) is 29.3 Å². The third-order valence-electron chi connectivity index (χ3n) is 2.47. The number of benzene rings is 1. The molecule has 0 aliphatic rings. The quantitative estimate of drug-likeness (QED) is 0.445. The summed E-state index contributed by atoms with van der Waals surface area (Å²) in [7, 11) is 5.69. The Morgan fingerprint density at radius 3 is 2.89 bits per heavy atom. The molecule has 0 saturated heterocycles. The summed E-state index contributed by atoms with van der Waals surface area (Å²) >= 11 is 0. The Morgan fingerprint density at radius 2 is 2.22 bits per heavy atom. The van der Waals surface area contributed by atoms with E-state index < -0.39 is 0 Å². The molecule has 0 fully saturated rings. The fraction of sp³-hybridized carbons (Fsp3) is 0.462. The van der Waals surface area contributed by atoms with Crippen molar-refractivity contribution in [3.8, 4) is 0 Å². The third-order valence-corrected chi connectivity index (χ3v) is 2.47. The van der Waals surface area contributed by atoms with Crippen molar-refractivity contribution in [3.63, 3.8) is 0 Å². The first kappa shape index (κ1) is 14.3. The normalized spacial score (nSPS) is 11.4. The first-order valence-corrected chi connectivity index (χ1v) is 5.92. The van der Waals surface area contributed by atoms with Gasteiger partial charge < -0.3 is 20.7 Å². The topological polar surface area (TPSA) is 62.9 Å². The van der Waals surface area contributed by atoms with Crippen molar-refractivity contribution in [2.75, 3.05) is 39.3 Å². The number of nitrogens with two attached hydrogens (primary N) is 1. The predicted octanol–water partition coefficient (Wildman–Crippen LogP) is 0.803.